The monoisotopic (exact) mass is 241 g/mol. The molecule has 0 aromatic heterocycles. The summed E-state index contributed by atoms with van der Waals surface area (Å²) in [5.74, 6) is 1.67. The van der Waals surface area contributed by atoms with E-state index in [1.807, 2.05) is 30.3 Å². The van der Waals surface area contributed by atoms with Crippen LogP contribution in [0.15, 0.2) is 42.5 Å². The fourth-order valence-corrected chi connectivity index (χ4v) is 1.98. The van der Waals surface area contributed by atoms with Crippen LogP contribution in [-0.2, 0) is 6.42 Å². The highest BCUT2D eigenvalue weighted by molar-refractivity contribution is 5.46. The standard InChI is InChI=1S/C16H19NO/c1-3-5-13-8-9-16(12(2)10-13)18-15-7-4-6-14(17)11-15/h4,6-11H,3,5,17H2,1-2H3. The number of aryl methyl sites for hydroxylation is 2. The van der Waals surface area contributed by atoms with Gasteiger partial charge in [0.15, 0.2) is 0 Å². The number of anilines is 1. The molecule has 18 heavy (non-hydrogen) atoms. The zero-order chi connectivity index (χ0) is 13.0. The van der Waals surface area contributed by atoms with Gasteiger partial charge in [0.25, 0.3) is 0 Å². The van der Waals surface area contributed by atoms with E-state index >= 15 is 0 Å². The van der Waals surface area contributed by atoms with Crippen LogP contribution in [0, 0.1) is 6.92 Å². The number of nitrogens with two attached hydrogens (primary N) is 1. The fraction of sp³-hybridized carbons (Fsp3) is 0.250. The van der Waals surface area contributed by atoms with Crippen molar-refractivity contribution in [2.45, 2.75) is 26.7 Å². The number of nitrogen functional groups attached to an aromatic ring is 1. The van der Waals surface area contributed by atoms with Gasteiger partial charge in [0.05, 0.1) is 0 Å². The largest absolute Gasteiger partial charge is 0.457 e. The number of hydrogen-bond acceptors (Lipinski definition) is 2. The Morgan fingerprint density at radius 3 is 2.61 bits per heavy atom. The van der Waals surface area contributed by atoms with Crippen molar-refractivity contribution in [1.82, 2.24) is 0 Å². The summed E-state index contributed by atoms with van der Waals surface area (Å²) in [4.78, 5) is 0. The fourth-order valence-electron chi connectivity index (χ4n) is 1.98. The van der Waals surface area contributed by atoms with Crippen molar-refractivity contribution in [2.24, 2.45) is 0 Å². The van der Waals surface area contributed by atoms with E-state index in [0.29, 0.717) is 5.69 Å². The molecule has 0 heterocycles. The summed E-state index contributed by atoms with van der Waals surface area (Å²) in [6, 6.07) is 13.8. The zero-order valence-electron chi connectivity index (χ0n) is 10.9. The molecule has 0 spiro atoms. The Hall–Kier alpha value is -1.96. The van der Waals surface area contributed by atoms with Crippen molar-refractivity contribution in [3.63, 3.8) is 0 Å². The Balaban J connectivity index is 2.19. The van der Waals surface area contributed by atoms with E-state index in [1.165, 1.54) is 5.56 Å². The molecule has 0 saturated heterocycles. The highest BCUT2D eigenvalue weighted by Crippen LogP contribution is 2.27. The van der Waals surface area contributed by atoms with Gasteiger partial charge in [-0.1, -0.05) is 31.5 Å². The molecule has 0 fully saturated rings. The average molecular weight is 241 g/mol. The van der Waals surface area contributed by atoms with E-state index < -0.39 is 0 Å². The molecule has 0 atom stereocenters. The second-order valence-corrected chi connectivity index (χ2v) is 4.52. The van der Waals surface area contributed by atoms with E-state index in [4.69, 9.17) is 10.5 Å². The summed E-state index contributed by atoms with van der Waals surface area (Å²) < 4.78 is 5.84. The van der Waals surface area contributed by atoms with Crippen molar-refractivity contribution in [1.29, 1.82) is 0 Å². The smallest absolute Gasteiger partial charge is 0.130 e. The van der Waals surface area contributed by atoms with Crippen molar-refractivity contribution < 1.29 is 4.74 Å². The van der Waals surface area contributed by atoms with Crippen LogP contribution in [0.4, 0.5) is 5.69 Å². The van der Waals surface area contributed by atoms with Crippen LogP contribution in [0.25, 0.3) is 0 Å². The van der Waals surface area contributed by atoms with E-state index in [9.17, 15) is 0 Å². The van der Waals surface area contributed by atoms with E-state index in [-0.39, 0.29) is 0 Å². The molecule has 2 heteroatoms. The predicted molar refractivity (Wildman–Crippen MR) is 76.1 cm³/mol. The van der Waals surface area contributed by atoms with E-state index in [2.05, 4.69) is 26.0 Å². The molecule has 0 saturated carbocycles. The van der Waals surface area contributed by atoms with Crippen molar-refractivity contribution in [3.05, 3.63) is 53.6 Å². The highest BCUT2D eigenvalue weighted by Gasteiger charge is 2.03. The zero-order valence-corrected chi connectivity index (χ0v) is 10.9. The summed E-state index contributed by atoms with van der Waals surface area (Å²) in [5, 5.41) is 0. The average Bonchev–Trinajstić information content (AvgIpc) is 2.33. The van der Waals surface area contributed by atoms with Crippen LogP contribution in [0.2, 0.25) is 0 Å². The molecule has 0 aliphatic rings. The second kappa shape index (κ2) is 5.58. The van der Waals surface area contributed by atoms with Crippen molar-refractivity contribution >= 4 is 5.69 Å². The highest BCUT2D eigenvalue weighted by atomic mass is 16.5. The van der Waals surface area contributed by atoms with Crippen LogP contribution in [0.1, 0.15) is 24.5 Å². The Bertz CT molecular complexity index is 534. The van der Waals surface area contributed by atoms with Gasteiger partial charge < -0.3 is 10.5 Å². The lowest BCUT2D eigenvalue weighted by Crippen LogP contribution is -1.91. The van der Waals surface area contributed by atoms with Gasteiger partial charge in [0, 0.05) is 11.8 Å². The SMILES string of the molecule is CCCc1ccc(Oc2cccc(N)c2)c(C)c1. The Labute approximate surface area is 108 Å². The molecule has 2 aromatic rings. The normalized spacial score (nSPS) is 10.3. The van der Waals surface area contributed by atoms with Crippen LogP contribution in [0.5, 0.6) is 11.5 Å². The van der Waals surface area contributed by atoms with Gasteiger partial charge in [0.1, 0.15) is 11.5 Å². The molecular formula is C16H19NO. The third kappa shape index (κ3) is 3.04. The van der Waals surface area contributed by atoms with Gasteiger partial charge >= 0.3 is 0 Å². The lowest BCUT2D eigenvalue weighted by atomic mass is 10.1. The summed E-state index contributed by atoms with van der Waals surface area (Å²) in [6.45, 7) is 4.26. The van der Waals surface area contributed by atoms with Crippen molar-refractivity contribution in [2.75, 3.05) is 5.73 Å². The minimum Gasteiger partial charge on any atom is -0.457 e. The molecule has 0 aliphatic heterocycles. The van der Waals surface area contributed by atoms with Crippen molar-refractivity contribution in [3.8, 4) is 11.5 Å². The predicted octanol–water partition coefficient (Wildman–Crippen LogP) is 4.32. The molecule has 2 N–H and O–H groups in total. The lowest BCUT2D eigenvalue weighted by molar-refractivity contribution is 0.479. The number of ether oxygens (including phenoxy) is 1. The Kier molecular flexibility index (Phi) is 3.88. The second-order valence-electron chi connectivity index (χ2n) is 4.52. The molecule has 94 valence electrons. The summed E-state index contributed by atoms with van der Waals surface area (Å²) in [7, 11) is 0. The maximum Gasteiger partial charge on any atom is 0.130 e. The van der Waals surface area contributed by atoms with Gasteiger partial charge in [-0.3, -0.25) is 0 Å². The first-order valence-corrected chi connectivity index (χ1v) is 6.32. The third-order valence-corrected chi connectivity index (χ3v) is 2.86. The van der Waals surface area contributed by atoms with Gasteiger partial charge in [-0.15, -0.1) is 0 Å². The van der Waals surface area contributed by atoms with Crippen LogP contribution in [-0.4, -0.2) is 0 Å². The molecular weight excluding hydrogens is 222 g/mol. The third-order valence-electron chi connectivity index (χ3n) is 2.86. The lowest BCUT2D eigenvalue weighted by Gasteiger charge is -2.10. The molecule has 0 aliphatic carbocycles. The first kappa shape index (κ1) is 12.5. The molecule has 0 radical (unpaired) electrons. The van der Waals surface area contributed by atoms with E-state index in [1.54, 1.807) is 0 Å². The topological polar surface area (TPSA) is 35.2 Å². The summed E-state index contributed by atoms with van der Waals surface area (Å²) in [5.41, 5.74) is 8.96. The quantitative estimate of drug-likeness (QED) is 0.809. The van der Waals surface area contributed by atoms with Crippen LogP contribution < -0.4 is 10.5 Å². The summed E-state index contributed by atoms with van der Waals surface area (Å²) in [6.07, 6.45) is 2.27. The molecule has 0 bridgehead atoms. The summed E-state index contributed by atoms with van der Waals surface area (Å²) >= 11 is 0. The molecule has 2 rings (SSSR count). The molecule has 0 unspecified atom stereocenters. The minimum absolute atomic E-state index is 0.716. The maximum atomic E-state index is 5.84. The first-order valence-electron chi connectivity index (χ1n) is 6.32. The van der Waals surface area contributed by atoms with Gasteiger partial charge in [-0.05, 0) is 42.7 Å². The number of hydrogen-bond donors (Lipinski definition) is 1. The molecule has 2 aromatic carbocycles. The van der Waals surface area contributed by atoms with Crippen LogP contribution in [0.3, 0.4) is 0 Å². The van der Waals surface area contributed by atoms with E-state index in [0.717, 1.165) is 29.9 Å². The maximum absolute atomic E-state index is 5.84. The first-order chi connectivity index (χ1) is 8.69. The van der Waals surface area contributed by atoms with Gasteiger partial charge in [-0.2, -0.15) is 0 Å². The Morgan fingerprint density at radius 2 is 1.94 bits per heavy atom. The van der Waals surface area contributed by atoms with Crippen LogP contribution >= 0.6 is 0 Å². The minimum atomic E-state index is 0.716. The van der Waals surface area contributed by atoms with Gasteiger partial charge in [-0.25, -0.2) is 0 Å². The molecule has 0 amide bonds. The Morgan fingerprint density at radius 1 is 1.11 bits per heavy atom. The van der Waals surface area contributed by atoms with Gasteiger partial charge in [0.2, 0.25) is 0 Å². The molecule has 2 nitrogen and oxygen atoms in total. The number of rotatable bonds is 4. The number of benzene rings is 2.